The molecule has 1 atom stereocenters. The number of amides is 1. The minimum absolute atomic E-state index is 0.0206. The van der Waals surface area contributed by atoms with E-state index in [2.05, 4.69) is 63.0 Å². The Labute approximate surface area is 170 Å². The van der Waals surface area contributed by atoms with Crippen molar-refractivity contribution in [3.8, 4) is 0 Å². The van der Waals surface area contributed by atoms with E-state index < -0.39 is 0 Å². The van der Waals surface area contributed by atoms with E-state index in [1.54, 1.807) is 17.1 Å². The monoisotopic (exact) mass is 390 g/mol. The van der Waals surface area contributed by atoms with Crippen molar-refractivity contribution in [2.75, 3.05) is 13.1 Å². The molecule has 1 aromatic carbocycles. The fourth-order valence-electron chi connectivity index (χ4n) is 5.02. The molecule has 1 saturated heterocycles. The van der Waals surface area contributed by atoms with Crippen LogP contribution in [0.1, 0.15) is 45.5 Å². The summed E-state index contributed by atoms with van der Waals surface area (Å²) in [6.07, 6.45) is 8.14. The molecule has 1 unspecified atom stereocenters. The highest BCUT2D eigenvalue weighted by molar-refractivity contribution is 5.92. The van der Waals surface area contributed by atoms with E-state index in [1.165, 1.54) is 16.7 Å². The van der Waals surface area contributed by atoms with Crippen LogP contribution in [0, 0.1) is 13.8 Å². The van der Waals surface area contributed by atoms with Crippen molar-refractivity contribution in [3.05, 3.63) is 71.3 Å². The number of fused-ring (bicyclic) bond motifs is 2. The zero-order valence-corrected chi connectivity index (χ0v) is 17.1. The zero-order chi connectivity index (χ0) is 20.2. The van der Waals surface area contributed by atoms with Gasteiger partial charge in [0.1, 0.15) is 11.5 Å². The third-order valence-electron chi connectivity index (χ3n) is 6.04. The van der Waals surface area contributed by atoms with E-state index in [-0.39, 0.29) is 17.5 Å². The van der Waals surface area contributed by atoms with Gasteiger partial charge in [-0.3, -0.25) is 9.69 Å². The quantitative estimate of drug-likeness (QED) is 0.742. The van der Waals surface area contributed by atoms with Crippen molar-refractivity contribution >= 4 is 5.91 Å². The van der Waals surface area contributed by atoms with Crippen LogP contribution >= 0.6 is 0 Å². The second-order valence-electron chi connectivity index (χ2n) is 8.68. The van der Waals surface area contributed by atoms with Crippen LogP contribution in [0.15, 0.2) is 43.1 Å². The molecule has 7 heteroatoms. The number of nitrogens with zero attached hydrogens (tertiary/aromatic N) is 5. The van der Waals surface area contributed by atoms with Gasteiger partial charge in [0.2, 0.25) is 0 Å². The van der Waals surface area contributed by atoms with Crippen molar-refractivity contribution in [1.82, 2.24) is 29.3 Å². The van der Waals surface area contributed by atoms with Gasteiger partial charge in [-0.1, -0.05) is 29.3 Å². The standard InChI is InChI=1S/C22H26N6O/c1-15-6-16(2)8-17(7-15)10-27-12-22(13-27)9-18(20-23-4-5-28(20)22)25-21(29)19-11-26(3)14-24-19/h4-8,11,14,18H,9-10,12-13H2,1-3H3,(H,25,29). The molecule has 1 amide bonds. The Hall–Kier alpha value is -2.93. The first-order valence-electron chi connectivity index (χ1n) is 10.0. The summed E-state index contributed by atoms with van der Waals surface area (Å²) < 4.78 is 4.05. The third kappa shape index (κ3) is 3.15. The van der Waals surface area contributed by atoms with Gasteiger partial charge >= 0.3 is 0 Å². The molecule has 4 heterocycles. The van der Waals surface area contributed by atoms with Crippen LogP contribution in [-0.4, -0.2) is 43.0 Å². The summed E-state index contributed by atoms with van der Waals surface area (Å²) in [4.78, 5) is 23.8. The summed E-state index contributed by atoms with van der Waals surface area (Å²) in [7, 11) is 1.86. The Balaban J connectivity index is 1.28. The maximum atomic E-state index is 12.6. The molecular weight excluding hydrogens is 364 g/mol. The lowest BCUT2D eigenvalue weighted by atomic mass is 9.85. The molecule has 5 rings (SSSR count). The molecule has 2 aliphatic rings. The molecule has 1 spiro atoms. The Morgan fingerprint density at radius 3 is 2.66 bits per heavy atom. The highest BCUT2D eigenvalue weighted by atomic mass is 16.2. The number of nitrogens with one attached hydrogen (secondary N) is 1. The van der Waals surface area contributed by atoms with Crippen LogP contribution in [0.3, 0.4) is 0 Å². The summed E-state index contributed by atoms with van der Waals surface area (Å²) in [5, 5.41) is 3.14. The van der Waals surface area contributed by atoms with Crippen LogP contribution in [0.5, 0.6) is 0 Å². The second-order valence-corrected chi connectivity index (χ2v) is 8.68. The number of aromatic nitrogens is 4. The largest absolute Gasteiger partial charge is 0.341 e. The number of aryl methyl sites for hydroxylation is 3. The first-order chi connectivity index (χ1) is 13.9. The summed E-state index contributed by atoms with van der Waals surface area (Å²) >= 11 is 0. The lowest BCUT2D eigenvalue weighted by Crippen LogP contribution is -2.60. The molecule has 2 aromatic heterocycles. The summed E-state index contributed by atoms with van der Waals surface area (Å²) in [5.41, 5.74) is 4.45. The van der Waals surface area contributed by atoms with Gasteiger partial charge in [-0.25, -0.2) is 9.97 Å². The molecule has 7 nitrogen and oxygen atoms in total. The zero-order valence-electron chi connectivity index (χ0n) is 17.1. The molecule has 0 bridgehead atoms. The average Bonchev–Trinajstić information content (AvgIpc) is 3.31. The Morgan fingerprint density at radius 2 is 1.97 bits per heavy atom. The molecule has 2 aliphatic heterocycles. The van der Waals surface area contributed by atoms with Gasteiger partial charge in [-0.2, -0.15) is 0 Å². The SMILES string of the molecule is Cc1cc(C)cc(CN2CC3(CC(NC(=O)c4cn(C)cn4)c4nccn43)C2)c1. The van der Waals surface area contributed by atoms with Crippen molar-refractivity contribution in [2.24, 2.45) is 7.05 Å². The molecule has 150 valence electrons. The summed E-state index contributed by atoms with van der Waals surface area (Å²) in [5.74, 6) is 0.800. The van der Waals surface area contributed by atoms with Gasteiger partial charge in [-0.15, -0.1) is 0 Å². The van der Waals surface area contributed by atoms with E-state index in [0.29, 0.717) is 5.69 Å². The van der Waals surface area contributed by atoms with Crippen LogP contribution in [0.2, 0.25) is 0 Å². The van der Waals surface area contributed by atoms with Crippen LogP contribution in [0.25, 0.3) is 0 Å². The molecule has 1 fully saturated rings. The summed E-state index contributed by atoms with van der Waals surface area (Å²) in [6, 6.07) is 6.67. The van der Waals surface area contributed by atoms with Gasteiger partial charge in [-0.05, 0) is 19.4 Å². The molecular formula is C22H26N6O. The van der Waals surface area contributed by atoms with E-state index in [1.807, 2.05) is 13.2 Å². The highest BCUT2D eigenvalue weighted by Gasteiger charge is 2.52. The van der Waals surface area contributed by atoms with E-state index in [0.717, 1.165) is 31.9 Å². The predicted octanol–water partition coefficient (Wildman–Crippen LogP) is 2.32. The van der Waals surface area contributed by atoms with Gasteiger partial charge in [0.25, 0.3) is 5.91 Å². The molecule has 0 radical (unpaired) electrons. The predicted molar refractivity (Wildman–Crippen MR) is 109 cm³/mol. The topological polar surface area (TPSA) is 68.0 Å². The average molecular weight is 390 g/mol. The van der Waals surface area contributed by atoms with Crippen molar-refractivity contribution in [1.29, 1.82) is 0 Å². The fraction of sp³-hybridized carbons (Fsp3) is 0.409. The first-order valence-corrected chi connectivity index (χ1v) is 10.0. The maximum absolute atomic E-state index is 12.6. The number of carbonyl (C=O) groups excluding carboxylic acids is 1. The van der Waals surface area contributed by atoms with Gasteiger partial charge in [0, 0.05) is 51.7 Å². The summed E-state index contributed by atoms with van der Waals surface area (Å²) in [6.45, 7) is 7.20. The van der Waals surface area contributed by atoms with Crippen LogP contribution < -0.4 is 5.32 Å². The molecule has 1 N–H and O–H groups in total. The molecule has 0 aliphatic carbocycles. The van der Waals surface area contributed by atoms with Gasteiger partial charge in [0.15, 0.2) is 0 Å². The Bertz CT molecular complexity index is 1050. The number of benzene rings is 1. The van der Waals surface area contributed by atoms with E-state index >= 15 is 0 Å². The van der Waals surface area contributed by atoms with E-state index in [4.69, 9.17) is 0 Å². The smallest absolute Gasteiger partial charge is 0.272 e. The lowest BCUT2D eigenvalue weighted by molar-refractivity contribution is 0.00750. The Kier molecular flexibility index (Phi) is 4.10. The fourth-order valence-corrected chi connectivity index (χ4v) is 5.02. The first kappa shape index (κ1) is 18.1. The van der Waals surface area contributed by atoms with Crippen molar-refractivity contribution in [2.45, 2.75) is 38.4 Å². The normalized spacial score (nSPS) is 19.9. The minimum Gasteiger partial charge on any atom is -0.341 e. The number of likely N-dealkylation sites (tertiary alicyclic amines) is 1. The number of carbonyl (C=O) groups is 1. The third-order valence-corrected chi connectivity index (χ3v) is 6.04. The van der Waals surface area contributed by atoms with Crippen molar-refractivity contribution in [3.63, 3.8) is 0 Å². The van der Waals surface area contributed by atoms with E-state index in [9.17, 15) is 4.79 Å². The number of hydrogen-bond acceptors (Lipinski definition) is 4. The maximum Gasteiger partial charge on any atom is 0.272 e. The molecule has 29 heavy (non-hydrogen) atoms. The van der Waals surface area contributed by atoms with Gasteiger partial charge < -0.3 is 14.5 Å². The number of imidazole rings is 2. The number of rotatable bonds is 4. The molecule has 0 saturated carbocycles. The van der Waals surface area contributed by atoms with Crippen LogP contribution in [-0.2, 0) is 19.1 Å². The highest BCUT2D eigenvalue weighted by Crippen LogP contribution is 2.44. The lowest BCUT2D eigenvalue weighted by Gasteiger charge is -2.49. The van der Waals surface area contributed by atoms with Crippen molar-refractivity contribution < 1.29 is 4.79 Å². The minimum atomic E-state index is -0.145. The Morgan fingerprint density at radius 1 is 1.21 bits per heavy atom. The number of hydrogen-bond donors (Lipinski definition) is 1. The van der Waals surface area contributed by atoms with Crippen LogP contribution in [0.4, 0.5) is 0 Å². The molecule has 3 aromatic rings. The second kappa shape index (κ2) is 6.56. The van der Waals surface area contributed by atoms with Gasteiger partial charge in [0.05, 0.1) is 17.9 Å².